The summed E-state index contributed by atoms with van der Waals surface area (Å²) in [4.78, 5) is 10.8. The number of fused-ring (bicyclic) bond motifs is 14. The summed E-state index contributed by atoms with van der Waals surface area (Å²) in [6.07, 6.45) is 0. The number of hydrogen-bond donors (Lipinski definition) is 0. The minimum Gasteiger partial charge on any atom is -0.452 e. The van der Waals surface area contributed by atoms with Crippen LogP contribution in [0.15, 0.2) is 174 Å². The molecule has 0 aliphatic rings. The molecule has 0 N–H and O–H groups in total. The van der Waals surface area contributed by atoms with E-state index in [0.717, 1.165) is 44.3 Å². The zero-order valence-electron chi connectivity index (χ0n) is 29.4. The van der Waals surface area contributed by atoms with E-state index in [1.807, 2.05) is 24.3 Å². The number of furan rings is 1. The van der Waals surface area contributed by atoms with Crippen LogP contribution in [0, 0.1) is 0 Å². The number of benzene rings is 8. The smallest absolute Gasteiger partial charge is 0.236 e. The van der Waals surface area contributed by atoms with Gasteiger partial charge < -0.3 is 8.82 Å². The summed E-state index contributed by atoms with van der Waals surface area (Å²) in [5.41, 5.74) is 12.1. The second-order valence-electron chi connectivity index (χ2n) is 14.6. The Morgan fingerprint density at radius 1 is 0.418 bits per heavy atom. The van der Waals surface area contributed by atoms with Gasteiger partial charge in [0.25, 0.3) is 0 Å². The molecule has 254 valence electrons. The summed E-state index contributed by atoms with van der Waals surface area (Å²) in [6.45, 7) is 0. The van der Waals surface area contributed by atoms with E-state index in [-0.39, 0.29) is 0 Å². The molecule has 5 heterocycles. The Hall–Kier alpha value is -7.50. The van der Waals surface area contributed by atoms with Crippen LogP contribution in [0.25, 0.3) is 121 Å². The van der Waals surface area contributed by atoms with Gasteiger partial charge in [0.15, 0.2) is 5.58 Å². The fraction of sp³-hybridized carbons (Fsp3) is 0. The standard InChI is InChI=1S/C50H28N4O/c1-2-12-29(13-3-1)30-22-24-31(25-23-30)46-49-47(36-18-8-11-21-43(36)55-49)52-50(51-46)54-40-20-10-6-16-34(40)44-42(54)28-38-37-26-32-14-4-5-15-33(32)27-41(37)53-39-19-9-7-17-35(39)45(44)48(38)53/h1-28H. The van der Waals surface area contributed by atoms with Crippen molar-refractivity contribution in [1.82, 2.24) is 18.9 Å². The first-order chi connectivity index (χ1) is 27.3. The Morgan fingerprint density at radius 2 is 1.05 bits per heavy atom. The van der Waals surface area contributed by atoms with Crippen molar-refractivity contribution in [2.45, 2.75) is 0 Å². The van der Waals surface area contributed by atoms with Crippen molar-refractivity contribution < 1.29 is 4.42 Å². The largest absolute Gasteiger partial charge is 0.452 e. The van der Waals surface area contributed by atoms with E-state index in [1.165, 1.54) is 65.2 Å². The highest BCUT2D eigenvalue weighted by molar-refractivity contribution is 6.36. The Morgan fingerprint density at radius 3 is 1.87 bits per heavy atom. The summed E-state index contributed by atoms with van der Waals surface area (Å²) >= 11 is 0. The van der Waals surface area contributed by atoms with Gasteiger partial charge in [0, 0.05) is 43.3 Å². The van der Waals surface area contributed by atoms with E-state index >= 15 is 0 Å². The molecule has 0 aliphatic carbocycles. The Balaban J connectivity index is 1.18. The Bertz CT molecular complexity index is 3700. The van der Waals surface area contributed by atoms with Crippen LogP contribution in [0.5, 0.6) is 0 Å². The lowest BCUT2D eigenvalue weighted by atomic mass is 10.0. The lowest BCUT2D eigenvalue weighted by Gasteiger charge is -2.10. The van der Waals surface area contributed by atoms with Gasteiger partial charge in [0.05, 0.1) is 27.6 Å². The van der Waals surface area contributed by atoms with Crippen molar-refractivity contribution >= 4 is 92.7 Å². The molecule has 55 heavy (non-hydrogen) atoms. The van der Waals surface area contributed by atoms with Crippen LogP contribution in [0.2, 0.25) is 0 Å². The van der Waals surface area contributed by atoms with Crippen LogP contribution in [-0.4, -0.2) is 18.9 Å². The molecule has 0 radical (unpaired) electrons. The van der Waals surface area contributed by atoms with Crippen molar-refractivity contribution in [2.24, 2.45) is 0 Å². The summed E-state index contributed by atoms with van der Waals surface area (Å²) in [7, 11) is 0. The molecule has 0 unspecified atom stereocenters. The molecule has 0 spiro atoms. The molecule has 13 aromatic rings. The third-order valence-corrected chi connectivity index (χ3v) is 11.6. The van der Waals surface area contributed by atoms with E-state index in [0.29, 0.717) is 11.5 Å². The number of para-hydroxylation sites is 3. The fourth-order valence-corrected chi connectivity index (χ4v) is 9.24. The predicted molar refractivity (Wildman–Crippen MR) is 227 cm³/mol. The molecule has 0 aliphatic heterocycles. The van der Waals surface area contributed by atoms with Crippen LogP contribution in [0.3, 0.4) is 0 Å². The number of nitrogens with zero attached hydrogens (tertiary/aromatic N) is 4. The zero-order valence-corrected chi connectivity index (χ0v) is 29.4. The third kappa shape index (κ3) is 3.86. The fourth-order valence-electron chi connectivity index (χ4n) is 9.24. The molecule has 5 heteroatoms. The lowest BCUT2D eigenvalue weighted by Crippen LogP contribution is -2.03. The molecule has 8 aromatic carbocycles. The highest BCUT2D eigenvalue weighted by Crippen LogP contribution is 2.47. The van der Waals surface area contributed by atoms with Crippen LogP contribution in [0.1, 0.15) is 0 Å². The third-order valence-electron chi connectivity index (χ3n) is 11.6. The highest BCUT2D eigenvalue weighted by Gasteiger charge is 2.26. The minimum atomic E-state index is 0.611. The number of aromatic nitrogens is 4. The normalized spacial score (nSPS) is 12.4. The maximum atomic E-state index is 6.58. The van der Waals surface area contributed by atoms with Gasteiger partial charge in [-0.15, -0.1) is 0 Å². The second-order valence-corrected chi connectivity index (χ2v) is 14.6. The first-order valence-corrected chi connectivity index (χ1v) is 18.7. The average molecular weight is 701 g/mol. The van der Waals surface area contributed by atoms with Crippen LogP contribution in [-0.2, 0) is 0 Å². The van der Waals surface area contributed by atoms with Gasteiger partial charge in [-0.25, -0.2) is 9.97 Å². The van der Waals surface area contributed by atoms with E-state index in [9.17, 15) is 0 Å². The molecule has 0 amide bonds. The van der Waals surface area contributed by atoms with E-state index in [4.69, 9.17) is 14.4 Å². The van der Waals surface area contributed by atoms with Gasteiger partial charge in [0.2, 0.25) is 5.95 Å². The topological polar surface area (TPSA) is 48.3 Å². The van der Waals surface area contributed by atoms with E-state index in [2.05, 4.69) is 155 Å². The first kappa shape index (κ1) is 29.0. The quantitative estimate of drug-likeness (QED) is 0.184. The van der Waals surface area contributed by atoms with Crippen molar-refractivity contribution in [2.75, 3.05) is 0 Å². The van der Waals surface area contributed by atoms with Gasteiger partial charge in [0.1, 0.15) is 16.8 Å². The highest BCUT2D eigenvalue weighted by atomic mass is 16.3. The number of hydrogen-bond acceptors (Lipinski definition) is 3. The van der Waals surface area contributed by atoms with Gasteiger partial charge in [-0.3, -0.25) is 4.57 Å². The lowest BCUT2D eigenvalue weighted by molar-refractivity contribution is 0.666. The van der Waals surface area contributed by atoms with Crippen LogP contribution < -0.4 is 0 Å². The Labute approximate surface area is 313 Å². The molecule has 5 nitrogen and oxygen atoms in total. The SMILES string of the molecule is c1ccc(-c2ccc(-c3nc(-n4c5ccccc5c5c6c7ccccc7n7c8cc9ccccc9cc8c(cc54)c67)nc4c3oc3ccccc34)cc2)cc1. The summed E-state index contributed by atoms with van der Waals surface area (Å²) in [5, 5.41) is 10.8. The molecule has 0 fully saturated rings. The van der Waals surface area contributed by atoms with Crippen molar-refractivity contribution in [3.05, 3.63) is 170 Å². The van der Waals surface area contributed by atoms with Gasteiger partial charge in [-0.05, 0) is 64.4 Å². The van der Waals surface area contributed by atoms with Crippen molar-refractivity contribution in [3.63, 3.8) is 0 Å². The molecule has 0 saturated carbocycles. The number of rotatable bonds is 3. The van der Waals surface area contributed by atoms with E-state index < -0.39 is 0 Å². The van der Waals surface area contributed by atoms with Crippen LogP contribution >= 0.6 is 0 Å². The minimum absolute atomic E-state index is 0.611. The zero-order chi connectivity index (χ0) is 35.8. The second kappa shape index (κ2) is 10.6. The summed E-state index contributed by atoms with van der Waals surface area (Å²) in [5.74, 6) is 0.611. The Kier molecular flexibility index (Phi) is 5.57. The molecule has 0 atom stereocenters. The predicted octanol–water partition coefficient (Wildman–Crippen LogP) is 13.1. The van der Waals surface area contributed by atoms with Gasteiger partial charge >= 0.3 is 0 Å². The average Bonchev–Trinajstić information content (AvgIpc) is 3.98. The monoisotopic (exact) mass is 700 g/mol. The van der Waals surface area contributed by atoms with Crippen molar-refractivity contribution in [1.29, 1.82) is 0 Å². The summed E-state index contributed by atoms with van der Waals surface area (Å²) < 4.78 is 11.3. The first-order valence-electron chi connectivity index (χ1n) is 18.7. The van der Waals surface area contributed by atoms with Gasteiger partial charge in [-0.1, -0.05) is 127 Å². The van der Waals surface area contributed by atoms with Gasteiger partial charge in [-0.2, -0.15) is 0 Å². The maximum absolute atomic E-state index is 6.58. The maximum Gasteiger partial charge on any atom is 0.236 e. The van der Waals surface area contributed by atoms with Crippen LogP contribution in [0.4, 0.5) is 0 Å². The van der Waals surface area contributed by atoms with E-state index in [1.54, 1.807) is 0 Å². The molecule has 5 aromatic heterocycles. The summed E-state index contributed by atoms with van der Waals surface area (Å²) in [6, 6.07) is 60.5. The molecular weight excluding hydrogens is 673 g/mol. The molecule has 13 rings (SSSR count). The molecule has 0 bridgehead atoms. The molecular formula is C50H28N4O. The molecule has 0 saturated heterocycles. The van der Waals surface area contributed by atoms with Crippen molar-refractivity contribution in [3.8, 4) is 28.3 Å².